The van der Waals surface area contributed by atoms with Crippen molar-refractivity contribution in [3.05, 3.63) is 71.3 Å². The summed E-state index contributed by atoms with van der Waals surface area (Å²) in [6.07, 6.45) is 1.14. The Morgan fingerprint density at radius 1 is 1.00 bits per heavy atom. The number of benzene rings is 2. The van der Waals surface area contributed by atoms with E-state index in [1.165, 1.54) is 16.7 Å². The highest BCUT2D eigenvalue weighted by Gasteiger charge is 2.32. The van der Waals surface area contributed by atoms with Crippen LogP contribution in [0.15, 0.2) is 54.6 Å². The molecule has 0 nitrogen and oxygen atoms in total. The first-order chi connectivity index (χ1) is 9.08. The van der Waals surface area contributed by atoms with Crippen molar-refractivity contribution in [1.29, 1.82) is 0 Å². The Bertz CT molecular complexity index is 527. The van der Waals surface area contributed by atoms with E-state index in [9.17, 15) is 0 Å². The van der Waals surface area contributed by atoms with Gasteiger partial charge in [0.25, 0.3) is 0 Å². The van der Waals surface area contributed by atoms with Crippen LogP contribution in [0.2, 0.25) is 0 Å². The van der Waals surface area contributed by atoms with E-state index in [4.69, 9.17) is 0 Å². The van der Waals surface area contributed by atoms with E-state index in [0.717, 1.165) is 6.42 Å². The van der Waals surface area contributed by atoms with Gasteiger partial charge in [-0.3, -0.25) is 0 Å². The maximum atomic E-state index is 2.38. The lowest BCUT2D eigenvalue weighted by atomic mass is 9.68. The van der Waals surface area contributed by atoms with Crippen molar-refractivity contribution in [2.45, 2.75) is 45.4 Å². The van der Waals surface area contributed by atoms with Crippen LogP contribution in [0.1, 0.15) is 49.8 Å². The van der Waals surface area contributed by atoms with Gasteiger partial charge in [0.15, 0.2) is 0 Å². The zero-order valence-electron chi connectivity index (χ0n) is 12.5. The molecule has 0 saturated carbocycles. The molecule has 0 heteroatoms. The standard InChI is InChI=1S/C19H24/c1-5-19(4,18-12-7-6-8-13-18)16(3)17-11-9-10-15(2)14-17/h6-14,16H,5H2,1-4H3. The van der Waals surface area contributed by atoms with Gasteiger partial charge in [0.05, 0.1) is 0 Å². The Balaban J connectivity index is 2.41. The van der Waals surface area contributed by atoms with Crippen LogP contribution < -0.4 is 0 Å². The van der Waals surface area contributed by atoms with Crippen LogP contribution in [0, 0.1) is 6.92 Å². The molecule has 0 radical (unpaired) electrons. The first-order valence-corrected chi connectivity index (χ1v) is 7.20. The zero-order valence-corrected chi connectivity index (χ0v) is 12.5. The van der Waals surface area contributed by atoms with Gasteiger partial charge in [-0.2, -0.15) is 0 Å². The third kappa shape index (κ3) is 2.73. The minimum Gasteiger partial charge on any atom is -0.0645 e. The Morgan fingerprint density at radius 2 is 1.68 bits per heavy atom. The molecule has 2 aromatic rings. The second kappa shape index (κ2) is 5.61. The fourth-order valence-electron chi connectivity index (χ4n) is 2.89. The Kier molecular flexibility index (Phi) is 4.09. The van der Waals surface area contributed by atoms with E-state index >= 15 is 0 Å². The molecule has 0 saturated heterocycles. The maximum Gasteiger partial charge on any atom is -0.00119 e. The fraction of sp³-hybridized carbons (Fsp3) is 0.368. The Labute approximate surface area is 117 Å². The van der Waals surface area contributed by atoms with Gasteiger partial charge in [0.1, 0.15) is 0 Å². The largest absolute Gasteiger partial charge is 0.0645 e. The summed E-state index contributed by atoms with van der Waals surface area (Å²) in [4.78, 5) is 0. The smallest absolute Gasteiger partial charge is 0.00119 e. The van der Waals surface area contributed by atoms with Crippen molar-refractivity contribution >= 4 is 0 Å². The third-order valence-corrected chi connectivity index (χ3v) is 4.67. The molecule has 0 fully saturated rings. The van der Waals surface area contributed by atoms with Crippen molar-refractivity contribution in [3.63, 3.8) is 0 Å². The molecule has 0 bridgehead atoms. The minimum absolute atomic E-state index is 0.190. The van der Waals surface area contributed by atoms with Crippen LogP contribution in [-0.2, 0) is 5.41 Å². The molecule has 0 amide bonds. The van der Waals surface area contributed by atoms with Crippen LogP contribution in [0.5, 0.6) is 0 Å². The van der Waals surface area contributed by atoms with Gasteiger partial charge in [-0.15, -0.1) is 0 Å². The summed E-state index contributed by atoms with van der Waals surface area (Å²) < 4.78 is 0. The van der Waals surface area contributed by atoms with Gasteiger partial charge < -0.3 is 0 Å². The topological polar surface area (TPSA) is 0 Å². The van der Waals surface area contributed by atoms with Crippen molar-refractivity contribution in [3.8, 4) is 0 Å². The molecule has 2 unspecified atom stereocenters. The molecule has 0 aromatic heterocycles. The maximum absolute atomic E-state index is 2.38. The normalized spacial score (nSPS) is 15.8. The summed E-state index contributed by atoms with van der Waals surface area (Å²) in [5.74, 6) is 0.514. The van der Waals surface area contributed by atoms with Gasteiger partial charge in [-0.25, -0.2) is 0 Å². The molecule has 0 aliphatic heterocycles. The molecule has 100 valence electrons. The van der Waals surface area contributed by atoms with E-state index in [1.54, 1.807) is 0 Å². The summed E-state index contributed by atoms with van der Waals surface area (Å²) in [5, 5.41) is 0. The van der Waals surface area contributed by atoms with Gasteiger partial charge >= 0.3 is 0 Å². The molecule has 0 heterocycles. The average Bonchev–Trinajstić information content (AvgIpc) is 2.46. The molecule has 19 heavy (non-hydrogen) atoms. The molecule has 0 N–H and O–H groups in total. The van der Waals surface area contributed by atoms with Crippen LogP contribution in [-0.4, -0.2) is 0 Å². The van der Waals surface area contributed by atoms with Gasteiger partial charge in [-0.1, -0.05) is 80.9 Å². The first-order valence-electron chi connectivity index (χ1n) is 7.20. The summed E-state index contributed by atoms with van der Waals surface area (Å²) in [6, 6.07) is 19.8. The van der Waals surface area contributed by atoms with Crippen LogP contribution in [0.25, 0.3) is 0 Å². The first kappa shape index (κ1) is 13.9. The number of hydrogen-bond donors (Lipinski definition) is 0. The molecule has 0 aliphatic carbocycles. The summed E-state index contributed by atoms with van der Waals surface area (Å²) >= 11 is 0. The van der Waals surface area contributed by atoms with Crippen molar-refractivity contribution < 1.29 is 0 Å². The SMILES string of the molecule is CCC(C)(c1ccccc1)C(C)c1cccc(C)c1. The number of rotatable bonds is 4. The molecule has 2 aromatic carbocycles. The minimum atomic E-state index is 0.190. The second-order valence-corrected chi connectivity index (χ2v) is 5.77. The van der Waals surface area contributed by atoms with Crippen molar-refractivity contribution in [1.82, 2.24) is 0 Å². The summed E-state index contributed by atoms with van der Waals surface area (Å²) in [6.45, 7) is 9.20. The van der Waals surface area contributed by atoms with E-state index in [-0.39, 0.29) is 5.41 Å². The zero-order chi connectivity index (χ0) is 13.9. The van der Waals surface area contributed by atoms with E-state index < -0.39 is 0 Å². The number of hydrogen-bond acceptors (Lipinski definition) is 0. The quantitative estimate of drug-likeness (QED) is 0.677. The highest BCUT2D eigenvalue weighted by atomic mass is 14.4. The average molecular weight is 252 g/mol. The van der Waals surface area contributed by atoms with Crippen LogP contribution in [0.3, 0.4) is 0 Å². The Hall–Kier alpha value is -1.56. The predicted octanol–water partition coefficient (Wildman–Crippen LogP) is 5.47. The van der Waals surface area contributed by atoms with Gasteiger partial charge in [-0.05, 0) is 35.8 Å². The fourth-order valence-corrected chi connectivity index (χ4v) is 2.89. The molecule has 0 spiro atoms. The van der Waals surface area contributed by atoms with E-state index in [1.807, 2.05) is 0 Å². The van der Waals surface area contributed by atoms with Gasteiger partial charge in [0.2, 0.25) is 0 Å². The lowest BCUT2D eigenvalue weighted by Gasteiger charge is -2.36. The molecule has 0 aliphatic rings. The third-order valence-electron chi connectivity index (χ3n) is 4.67. The van der Waals surface area contributed by atoms with Crippen LogP contribution >= 0.6 is 0 Å². The van der Waals surface area contributed by atoms with Crippen LogP contribution in [0.4, 0.5) is 0 Å². The lowest BCUT2D eigenvalue weighted by Crippen LogP contribution is -2.28. The van der Waals surface area contributed by atoms with E-state index in [0.29, 0.717) is 5.92 Å². The summed E-state index contributed by atoms with van der Waals surface area (Å²) in [7, 11) is 0. The van der Waals surface area contributed by atoms with Crippen molar-refractivity contribution in [2.75, 3.05) is 0 Å². The predicted molar refractivity (Wildman–Crippen MR) is 83.7 cm³/mol. The van der Waals surface area contributed by atoms with E-state index in [2.05, 4.69) is 82.3 Å². The highest BCUT2D eigenvalue weighted by molar-refractivity contribution is 5.34. The second-order valence-electron chi connectivity index (χ2n) is 5.77. The Morgan fingerprint density at radius 3 is 2.26 bits per heavy atom. The number of aryl methyl sites for hydroxylation is 1. The summed E-state index contributed by atoms with van der Waals surface area (Å²) in [5.41, 5.74) is 4.41. The van der Waals surface area contributed by atoms with Crippen molar-refractivity contribution in [2.24, 2.45) is 0 Å². The molecule has 2 rings (SSSR count). The molecular weight excluding hydrogens is 228 g/mol. The molecule has 2 atom stereocenters. The lowest BCUT2D eigenvalue weighted by molar-refractivity contribution is 0.381. The van der Waals surface area contributed by atoms with Gasteiger partial charge in [0, 0.05) is 0 Å². The monoisotopic (exact) mass is 252 g/mol. The highest BCUT2D eigenvalue weighted by Crippen LogP contribution is 2.41. The molecular formula is C19H24.